The standard InChI is InChI=1S/C25H22ClFN8O2/c1-25(2)11-36-24(33-14-3-4-17-16(9-14)23(28)31-12-29-17)35(25)18-5-6-19(21(26)22(18)27)37-15-7-8-34-20(10-15)30-13-32-34/h3-10,12-13,24,33H,11H2,1-2H3,(H2,28,29,31). The Kier molecular flexibility index (Phi) is 5.46. The molecule has 1 unspecified atom stereocenters. The van der Waals surface area contributed by atoms with Gasteiger partial charge in [0, 0.05) is 23.3 Å². The van der Waals surface area contributed by atoms with E-state index < -0.39 is 17.7 Å². The van der Waals surface area contributed by atoms with Gasteiger partial charge >= 0.3 is 0 Å². The second kappa shape index (κ2) is 8.71. The minimum atomic E-state index is -0.675. The van der Waals surface area contributed by atoms with E-state index >= 15 is 4.39 Å². The first-order valence-corrected chi connectivity index (χ1v) is 11.8. The highest BCUT2D eigenvalue weighted by molar-refractivity contribution is 6.32. The lowest BCUT2D eigenvalue weighted by atomic mass is 10.0. The summed E-state index contributed by atoms with van der Waals surface area (Å²) in [6.45, 7) is 4.29. The predicted molar refractivity (Wildman–Crippen MR) is 138 cm³/mol. The van der Waals surface area contributed by atoms with Crippen LogP contribution in [0.1, 0.15) is 13.8 Å². The fourth-order valence-electron chi connectivity index (χ4n) is 4.39. The highest BCUT2D eigenvalue weighted by atomic mass is 35.5. The van der Waals surface area contributed by atoms with Crippen LogP contribution in [0.2, 0.25) is 5.02 Å². The summed E-state index contributed by atoms with van der Waals surface area (Å²) in [5.41, 5.74) is 7.79. The Hall–Kier alpha value is -4.22. The van der Waals surface area contributed by atoms with Crippen LogP contribution in [0.5, 0.6) is 11.5 Å². The number of halogens is 2. The molecule has 0 amide bonds. The summed E-state index contributed by atoms with van der Waals surface area (Å²) in [5, 5.41) is 7.93. The van der Waals surface area contributed by atoms with Crippen LogP contribution in [-0.4, -0.2) is 43.1 Å². The smallest absolute Gasteiger partial charge is 0.208 e. The highest BCUT2D eigenvalue weighted by Gasteiger charge is 2.42. The topological polar surface area (TPSA) is 116 Å². The van der Waals surface area contributed by atoms with Gasteiger partial charge in [-0.1, -0.05) is 11.6 Å². The molecule has 12 heteroatoms. The van der Waals surface area contributed by atoms with Crippen molar-refractivity contribution in [3.8, 4) is 11.5 Å². The SMILES string of the molecule is CC1(C)COC(Nc2ccc3ncnc(N)c3c2)N1c1ccc(Oc2ccn3ncnc3c2)c(Cl)c1F. The summed E-state index contributed by atoms with van der Waals surface area (Å²) < 4.78 is 29.2. The number of rotatable bonds is 5. The zero-order valence-corrected chi connectivity index (χ0v) is 20.6. The van der Waals surface area contributed by atoms with Crippen LogP contribution in [0, 0.1) is 5.82 Å². The van der Waals surface area contributed by atoms with Crippen molar-refractivity contribution < 1.29 is 13.9 Å². The first-order valence-electron chi connectivity index (χ1n) is 11.4. The summed E-state index contributed by atoms with van der Waals surface area (Å²) in [4.78, 5) is 14.2. The van der Waals surface area contributed by atoms with Gasteiger partial charge in [0.25, 0.3) is 0 Å². The van der Waals surface area contributed by atoms with Gasteiger partial charge in [-0.05, 0) is 50.2 Å². The van der Waals surface area contributed by atoms with E-state index in [-0.39, 0.29) is 16.5 Å². The first kappa shape index (κ1) is 23.2. The molecule has 0 aliphatic carbocycles. The molecule has 1 aliphatic heterocycles. The van der Waals surface area contributed by atoms with Crippen molar-refractivity contribution in [2.75, 3.05) is 22.6 Å². The molecule has 0 bridgehead atoms. The second-order valence-corrected chi connectivity index (χ2v) is 9.60. The van der Waals surface area contributed by atoms with Gasteiger partial charge in [-0.25, -0.2) is 23.9 Å². The summed E-state index contributed by atoms with van der Waals surface area (Å²) in [7, 11) is 0. The fraction of sp³-hybridized carbons (Fsp3) is 0.200. The number of nitrogens with zero attached hydrogens (tertiary/aromatic N) is 6. The van der Waals surface area contributed by atoms with Gasteiger partial charge in [0.1, 0.15) is 35.0 Å². The average Bonchev–Trinajstić information content (AvgIpc) is 3.46. The molecular weight excluding hydrogens is 499 g/mol. The lowest BCUT2D eigenvalue weighted by molar-refractivity contribution is 0.125. The Bertz CT molecular complexity index is 1640. The number of aromatic nitrogens is 5. The molecule has 1 saturated heterocycles. The number of benzene rings is 2. The molecule has 188 valence electrons. The number of nitrogen functional groups attached to an aromatic ring is 1. The van der Waals surface area contributed by atoms with E-state index in [4.69, 9.17) is 26.8 Å². The molecule has 0 saturated carbocycles. The molecule has 37 heavy (non-hydrogen) atoms. The molecule has 3 N–H and O–H groups in total. The van der Waals surface area contributed by atoms with Crippen molar-refractivity contribution in [1.29, 1.82) is 0 Å². The molecule has 1 aliphatic rings. The van der Waals surface area contributed by atoms with Crippen molar-refractivity contribution in [3.05, 3.63) is 72.2 Å². The van der Waals surface area contributed by atoms with Crippen LogP contribution in [-0.2, 0) is 4.74 Å². The Labute approximate surface area is 215 Å². The predicted octanol–water partition coefficient (Wildman–Crippen LogP) is 4.85. The van der Waals surface area contributed by atoms with Crippen LogP contribution >= 0.6 is 11.6 Å². The highest BCUT2D eigenvalue weighted by Crippen LogP contribution is 2.41. The minimum absolute atomic E-state index is 0.143. The van der Waals surface area contributed by atoms with E-state index in [0.717, 1.165) is 11.2 Å². The number of ether oxygens (including phenoxy) is 2. The van der Waals surface area contributed by atoms with Crippen molar-refractivity contribution in [1.82, 2.24) is 24.6 Å². The van der Waals surface area contributed by atoms with E-state index in [1.165, 1.54) is 12.7 Å². The maximum Gasteiger partial charge on any atom is 0.208 e. The molecule has 3 aromatic heterocycles. The molecule has 0 radical (unpaired) electrons. The monoisotopic (exact) mass is 520 g/mol. The molecule has 4 heterocycles. The molecule has 2 aromatic carbocycles. The average molecular weight is 521 g/mol. The van der Waals surface area contributed by atoms with Crippen LogP contribution in [0.4, 0.5) is 21.6 Å². The van der Waals surface area contributed by atoms with Crippen LogP contribution in [0.15, 0.2) is 61.3 Å². The molecule has 10 nitrogen and oxygen atoms in total. The van der Waals surface area contributed by atoms with Crippen molar-refractivity contribution in [2.45, 2.75) is 25.7 Å². The maximum atomic E-state index is 15.7. The Morgan fingerprint density at radius 1 is 1.14 bits per heavy atom. The van der Waals surface area contributed by atoms with Gasteiger partial charge in [-0.15, -0.1) is 0 Å². The van der Waals surface area contributed by atoms with Crippen molar-refractivity contribution in [2.24, 2.45) is 0 Å². The number of hydrogen-bond donors (Lipinski definition) is 2. The van der Waals surface area contributed by atoms with Gasteiger partial charge in [0.2, 0.25) is 6.35 Å². The van der Waals surface area contributed by atoms with E-state index in [9.17, 15) is 0 Å². The Balaban J connectivity index is 1.30. The maximum absolute atomic E-state index is 15.7. The third-order valence-corrected chi connectivity index (χ3v) is 6.56. The summed E-state index contributed by atoms with van der Waals surface area (Å²) in [5.74, 6) is 0.386. The van der Waals surface area contributed by atoms with Gasteiger partial charge < -0.3 is 25.4 Å². The molecule has 5 aromatic rings. The number of fused-ring (bicyclic) bond motifs is 2. The van der Waals surface area contributed by atoms with E-state index in [1.807, 2.05) is 36.9 Å². The summed E-state index contributed by atoms with van der Waals surface area (Å²) in [6, 6.07) is 12.2. The molecular formula is C25H22ClFN8O2. The normalized spacial score (nSPS) is 17.0. The lowest BCUT2D eigenvalue weighted by Crippen LogP contribution is -2.47. The quantitative estimate of drug-likeness (QED) is 0.335. The Morgan fingerprint density at radius 3 is 2.86 bits per heavy atom. The number of nitrogens with one attached hydrogen (secondary N) is 1. The Morgan fingerprint density at radius 2 is 2.00 bits per heavy atom. The first-order chi connectivity index (χ1) is 17.8. The minimum Gasteiger partial charge on any atom is -0.455 e. The molecule has 1 atom stereocenters. The molecule has 6 rings (SSSR count). The summed E-state index contributed by atoms with van der Waals surface area (Å²) >= 11 is 6.46. The second-order valence-electron chi connectivity index (χ2n) is 9.22. The molecule has 1 fully saturated rings. The van der Waals surface area contributed by atoms with Crippen molar-refractivity contribution >= 4 is 45.3 Å². The van der Waals surface area contributed by atoms with Gasteiger partial charge in [0.15, 0.2) is 11.5 Å². The number of anilines is 3. The number of pyridine rings is 1. The number of nitrogens with two attached hydrogens (primary N) is 1. The summed E-state index contributed by atoms with van der Waals surface area (Å²) in [6.07, 6.45) is 3.88. The van der Waals surface area contributed by atoms with Gasteiger partial charge in [-0.3, -0.25) is 0 Å². The zero-order chi connectivity index (χ0) is 25.7. The van der Waals surface area contributed by atoms with E-state index in [1.54, 1.807) is 35.0 Å². The van der Waals surface area contributed by atoms with Gasteiger partial charge in [-0.2, -0.15) is 5.10 Å². The number of hydrogen-bond acceptors (Lipinski definition) is 9. The van der Waals surface area contributed by atoms with E-state index in [2.05, 4.69) is 25.4 Å². The third-order valence-electron chi connectivity index (χ3n) is 6.20. The van der Waals surface area contributed by atoms with Crippen LogP contribution < -0.4 is 20.7 Å². The third kappa shape index (κ3) is 4.11. The van der Waals surface area contributed by atoms with Crippen LogP contribution in [0.25, 0.3) is 16.6 Å². The lowest BCUT2D eigenvalue weighted by Gasteiger charge is -2.36. The zero-order valence-electron chi connectivity index (χ0n) is 19.9. The van der Waals surface area contributed by atoms with E-state index in [0.29, 0.717) is 29.2 Å². The largest absolute Gasteiger partial charge is 0.455 e. The molecule has 0 spiro atoms. The van der Waals surface area contributed by atoms with Crippen LogP contribution in [0.3, 0.4) is 0 Å². The van der Waals surface area contributed by atoms with Crippen molar-refractivity contribution in [3.63, 3.8) is 0 Å². The fourth-order valence-corrected chi connectivity index (χ4v) is 4.58. The van der Waals surface area contributed by atoms with Gasteiger partial charge in [0.05, 0.1) is 23.3 Å².